The predicted octanol–water partition coefficient (Wildman–Crippen LogP) is 1.46. The first-order chi connectivity index (χ1) is 10.3. The number of hydrogen-bond acceptors (Lipinski definition) is 4. The molecule has 4 heteroatoms. The third-order valence-corrected chi connectivity index (χ3v) is 6.17. The summed E-state index contributed by atoms with van der Waals surface area (Å²) in [6, 6.07) is 0.817. The fourth-order valence-corrected chi connectivity index (χ4v) is 4.85. The van der Waals surface area contributed by atoms with Crippen molar-refractivity contribution in [2.24, 2.45) is 0 Å². The van der Waals surface area contributed by atoms with Gasteiger partial charge in [-0.25, -0.2) is 0 Å². The van der Waals surface area contributed by atoms with E-state index in [1.165, 1.54) is 90.8 Å². The van der Waals surface area contributed by atoms with E-state index in [9.17, 15) is 0 Å². The zero-order valence-corrected chi connectivity index (χ0v) is 13.4. The van der Waals surface area contributed by atoms with Crippen molar-refractivity contribution in [3.63, 3.8) is 0 Å². The topological polar surface area (TPSA) is 27.7 Å². The average Bonchev–Trinajstić information content (AvgIpc) is 2.87. The van der Waals surface area contributed by atoms with Gasteiger partial charge in [-0.1, -0.05) is 19.3 Å². The molecule has 0 bridgehead atoms. The Balaban J connectivity index is 1.20. The van der Waals surface area contributed by atoms with Gasteiger partial charge < -0.3 is 10.1 Å². The molecule has 0 aromatic carbocycles. The first kappa shape index (κ1) is 14.4. The monoisotopic (exact) mass is 293 g/mol. The lowest BCUT2D eigenvalue weighted by atomic mass is 9.83. The Morgan fingerprint density at radius 3 is 2.52 bits per heavy atom. The van der Waals surface area contributed by atoms with Gasteiger partial charge in [0.15, 0.2) is 0 Å². The second-order valence-electron chi connectivity index (χ2n) is 7.68. The van der Waals surface area contributed by atoms with Crippen molar-refractivity contribution in [2.45, 2.75) is 62.7 Å². The zero-order valence-electron chi connectivity index (χ0n) is 13.4. The van der Waals surface area contributed by atoms with Crippen LogP contribution >= 0.6 is 0 Å². The molecule has 1 unspecified atom stereocenters. The maximum Gasteiger partial charge on any atom is 0.0710 e. The molecular weight excluding hydrogens is 262 g/mol. The van der Waals surface area contributed by atoms with Crippen LogP contribution < -0.4 is 5.32 Å². The molecule has 0 amide bonds. The summed E-state index contributed by atoms with van der Waals surface area (Å²) in [5.74, 6) is 0. The summed E-state index contributed by atoms with van der Waals surface area (Å²) in [6.45, 7) is 8.54. The van der Waals surface area contributed by atoms with Crippen LogP contribution in [0.4, 0.5) is 0 Å². The Morgan fingerprint density at radius 2 is 1.76 bits per heavy atom. The number of ether oxygens (including phenoxy) is 1. The number of nitrogens with zero attached hydrogens (tertiary/aromatic N) is 2. The Bertz CT molecular complexity index is 344. The maximum absolute atomic E-state index is 6.51. The van der Waals surface area contributed by atoms with Crippen LogP contribution in [0.1, 0.15) is 44.9 Å². The highest BCUT2D eigenvalue weighted by molar-refractivity contribution is 4.95. The zero-order chi connectivity index (χ0) is 14.1. The Kier molecular flexibility index (Phi) is 4.23. The standard InChI is InChI=1S/C17H31N3O/c1-2-5-17(6-3-1)7-4-16(21-17)14-19-12-15(13-19)20-10-8-18-9-11-20/h15-16,18H,1-14H2. The molecule has 1 atom stereocenters. The van der Waals surface area contributed by atoms with Crippen LogP contribution in [0.2, 0.25) is 0 Å². The molecule has 4 rings (SSSR count). The van der Waals surface area contributed by atoms with Crippen LogP contribution in [0.3, 0.4) is 0 Å². The van der Waals surface area contributed by atoms with Gasteiger partial charge >= 0.3 is 0 Å². The highest BCUT2D eigenvalue weighted by Crippen LogP contribution is 2.42. The van der Waals surface area contributed by atoms with Gasteiger partial charge in [0.05, 0.1) is 11.7 Å². The molecule has 3 heterocycles. The quantitative estimate of drug-likeness (QED) is 0.852. The van der Waals surface area contributed by atoms with Gasteiger partial charge in [-0.05, 0) is 25.7 Å². The van der Waals surface area contributed by atoms with Crippen LogP contribution in [-0.4, -0.2) is 73.4 Å². The Morgan fingerprint density at radius 1 is 1.00 bits per heavy atom. The molecule has 3 saturated heterocycles. The molecule has 120 valence electrons. The minimum absolute atomic E-state index is 0.297. The molecule has 4 aliphatic rings. The summed E-state index contributed by atoms with van der Waals surface area (Å²) in [5, 5.41) is 3.45. The fourth-order valence-electron chi connectivity index (χ4n) is 4.85. The molecule has 0 radical (unpaired) electrons. The van der Waals surface area contributed by atoms with Gasteiger partial charge in [-0.2, -0.15) is 0 Å². The van der Waals surface area contributed by atoms with Gasteiger partial charge in [0.25, 0.3) is 0 Å². The second-order valence-corrected chi connectivity index (χ2v) is 7.68. The SMILES string of the molecule is C1CCC2(CC1)CCC(CN1CC(N3CCNCC3)C1)O2. The van der Waals surface area contributed by atoms with Crippen LogP contribution in [0.25, 0.3) is 0 Å². The first-order valence-corrected chi connectivity index (χ1v) is 9.18. The van der Waals surface area contributed by atoms with Crippen molar-refractivity contribution in [1.82, 2.24) is 15.1 Å². The van der Waals surface area contributed by atoms with Crippen molar-refractivity contribution >= 4 is 0 Å². The van der Waals surface area contributed by atoms with E-state index in [1.54, 1.807) is 0 Å². The lowest BCUT2D eigenvalue weighted by Crippen LogP contribution is -2.63. The van der Waals surface area contributed by atoms with Crippen LogP contribution in [0.5, 0.6) is 0 Å². The molecule has 1 aliphatic carbocycles. The van der Waals surface area contributed by atoms with Crippen molar-refractivity contribution in [1.29, 1.82) is 0 Å². The number of nitrogens with one attached hydrogen (secondary N) is 1. The summed E-state index contributed by atoms with van der Waals surface area (Å²) in [7, 11) is 0. The smallest absolute Gasteiger partial charge is 0.0710 e. The minimum atomic E-state index is 0.297. The van der Waals surface area contributed by atoms with E-state index in [1.807, 2.05) is 0 Å². The lowest BCUT2D eigenvalue weighted by Gasteiger charge is -2.47. The normalized spacial score (nSPS) is 35.1. The third-order valence-electron chi connectivity index (χ3n) is 6.17. The van der Waals surface area contributed by atoms with Crippen molar-refractivity contribution in [2.75, 3.05) is 45.8 Å². The lowest BCUT2D eigenvalue weighted by molar-refractivity contribution is -0.0841. The summed E-state index contributed by atoms with van der Waals surface area (Å²) in [6.07, 6.45) is 10.0. The summed E-state index contributed by atoms with van der Waals surface area (Å²) < 4.78 is 6.51. The van der Waals surface area contributed by atoms with E-state index < -0.39 is 0 Å². The third kappa shape index (κ3) is 3.14. The van der Waals surface area contributed by atoms with Gasteiger partial charge in [0, 0.05) is 51.9 Å². The van der Waals surface area contributed by atoms with Crippen LogP contribution in [0, 0.1) is 0 Å². The molecule has 1 saturated carbocycles. The van der Waals surface area contributed by atoms with E-state index in [2.05, 4.69) is 15.1 Å². The molecule has 0 aromatic heterocycles. The predicted molar refractivity (Wildman–Crippen MR) is 84.6 cm³/mol. The van der Waals surface area contributed by atoms with Gasteiger partial charge in [0.1, 0.15) is 0 Å². The number of piperazine rings is 1. The van der Waals surface area contributed by atoms with E-state index in [0.717, 1.165) is 6.04 Å². The van der Waals surface area contributed by atoms with Crippen LogP contribution in [-0.2, 0) is 4.74 Å². The number of likely N-dealkylation sites (tertiary alicyclic amines) is 1. The van der Waals surface area contributed by atoms with Crippen molar-refractivity contribution < 1.29 is 4.74 Å². The van der Waals surface area contributed by atoms with Crippen LogP contribution in [0.15, 0.2) is 0 Å². The highest BCUT2D eigenvalue weighted by Gasteiger charge is 2.42. The fraction of sp³-hybridized carbons (Fsp3) is 1.00. The van der Waals surface area contributed by atoms with E-state index >= 15 is 0 Å². The number of hydrogen-bond donors (Lipinski definition) is 1. The van der Waals surface area contributed by atoms with Gasteiger partial charge in [-0.3, -0.25) is 9.80 Å². The summed E-state index contributed by atoms with van der Waals surface area (Å²) >= 11 is 0. The molecule has 3 aliphatic heterocycles. The van der Waals surface area contributed by atoms with Crippen molar-refractivity contribution in [3.8, 4) is 0 Å². The molecule has 0 aromatic rings. The minimum Gasteiger partial charge on any atom is -0.370 e. The second kappa shape index (κ2) is 6.15. The number of rotatable bonds is 3. The molecule has 4 fully saturated rings. The van der Waals surface area contributed by atoms with Gasteiger partial charge in [-0.15, -0.1) is 0 Å². The Labute approximate surface area is 129 Å². The molecular formula is C17H31N3O. The maximum atomic E-state index is 6.51. The first-order valence-electron chi connectivity index (χ1n) is 9.18. The average molecular weight is 293 g/mol. The van der Waals surface area contributed by atoms with E-state index in [-0.39, 0.29) is 0 Å². The Hall–Kier alpha value is -0.160. The van der Waals surface area contributed by atoms with E-state index in [0.29, 0.717) is 11.7 Å². The molecule has 21 heavy (non-hydrogen) atoms. The summed E-state index contributed by atoms with van der Waals surface area (Å²) in [4.78, 5) is 5.30. The van der Waals surface area contributed by atoms with E-state index in [4.69, 9.17) is 4.74 Å². The van der Waals surface area contributed by atoms with Crippen molar-refractivity contribution in [3.05, 3.63) is 0 Å². The molecule has 4 nitrogen and oxygen atoms in total. The highest BCUT2D eigenvalue weighted by atomic mass is 16.5. The molecule has 1 spiro atoms. The summed E-state index contributed by atoms with van der Waals surface area (Å²) in [5.41, 5.74) is 0.297. The molecule has 1 N–H and O–H groups in total. The van der Waals surface area contributed by atoms with Gasteiger partial charge in [0.2, 0.25) is 0 Å². The largest absolute Gasteiger partial charge is 0.370 e.